The molecule has 17 heavy (non-hydrogen) atoms. The quantitative estimate of drug-likeness (QED) is 0.835. The molecule has 1 aromatic carbocycles. The van der Waals surface area contributed by atoms with Crippen LogP contribution in [0.1, 0.15) is 30.9 Å². The lowest BCUT2D eigenvalue weighted by atomic mass is 9.85. The fourth-order valence-corrected chi connectivity index (χ4v) is 2.77. The van der Waals surface area contributed by atoms with E-state index in [-0.39, 0.29) is 17.4 Å². The van der Waals surface area contributed by atoms with Crippen molar-refractivity contribution in [1.29, 1.82) is 0 Å². The summed E-state index contributed by atoms with van der Waals surface area (Å²) in [6.45, 7) is 0. The van der Waals surface area contributed by atoms with E-state index in [0.717, 1.165) is 19.3 Å². The van der Waals surface area contributed by atoms with Gasteiger partial charge in [-0.15, -0.1) is 0 Å². The van der Waals surface area contributed by atoms with Crippen LogP contribution in [0.4, 0.5) is 4.39 Å². The van der Waals surface area contributed by atoms with Gasteiger partial charge in [-0.05, 0) is 31.4 Å². The van der Waals surface area contributed by atoms with E-state index in [4.69, 9.17) is 0 Å². The van der Waals surface area contributed by atoms with Crippen LogP contribution in [0.25, 0.3) is 0 Å². The summed E-state index contributed by atoms with van der Waals surface area (Å²) in [5.74, 6) is -0.491. The van der Waals surface area contributed by atoms with Gasteiger partial charge in [0.05, 0.1) is 5.66 Å². The Balaban J connectivity index is 1.91. The summed E-state index contributed by atoms with van der Waals surface area (Å²) in [6, 6.07) is 4.22. The van der Waals surface area contributed by atoms with Crippen LogP contribution in [0.3, 0.4) is 0 Å². The van der Waals surface area contributed by atoms with Gasteiger partial charge < -0.3 is 5.32 Å². The predicted molar refractivity (Wildman–Crippen MR) is 64.7 cm³/mol. The molecule has 0 radical (unpaired) electrons. The van der Waals surface area contributed by atoms with Crippen molar-refractivity contribution in [3.63, 3.8) is 0 Å². The first-order chi connectivity index (χ1) is 8.10. The molecule has 2 N–H and O–H groups in total. The highest BCUT2D eigenvalue weighted by Gasteiger charge is 2.48. The molecule has 2 fully saturated rings. The molecule has 1 heterocycles. The largest absolute Gasteiger partial charge is 0.336 e. The van der Waals surface area contributed by atoms with Gasteiger partial charge in [0, 0.05) is 10.0 Å². The smallest absolute Gasteiger partial charge is 0.243 e. The van der Waals surface area contributed by atoms with E-state index in [0.29, 0.717) is 10.0 Å². The molecule has 2 aliphatic rings. The lowest BCUT2D eigenvalue weighted by Crippen LogP contribution is -2.55. The Hall–Kier alpha value is -0.940. The van der Waals surface area contributed by atoms with Crippen molar-refractivity contribution in [2.24, 2.45) is 0 Å². The molecule has 3 rings (SSSR count). The molecule has 90 valence electrons. The van der Waals surface area contributed by atoms with E-state index in [2.05, 4.69) is 26.6 Å². The van der Waals surface area contributed by atoms with Crippen molar-refractivity contribution < 1.29 is 9.18 Å². The van der Waals surface area contributed by atoms with Crippen molar-refractivity contribution in [3.05, 3.63) is 34.1 Å². The molecule has 0 aromatic heterocycles. The van der Waals surface area contributed by atoms with Gasteiger partial charge in [-0.25, -0.2) is 4.39 Å². The summed E-state index contributed by atoms with van der Waals surface area (Å²) >= 11 is 3.21. The number of halogens is 2. The molecular formula is C12H12BrFN2O. The second-order valence-electron chi connectivity index (χ2n) is 4.67. The summed E-state index contributed by atoms with van der Waals surface area (Å²) in [6.07, 6.45) is 2.95. The van der Waals surface area contributed by atoms with Crippen LogP contribution in [0.5, 0.6) is 0 Å². The molecule has 3 nitrogen and oxygen atoms in total. The van der Waals surface area contributed by atoms with Gasteiger partial charge in [0.15, 0.2) is 0 Å². The number of hydrogen-bond acceptors (Lipinski definition) is 2. The van der Waals surface area contributed by atoms with E-state index in [1.807, 2.05) is 0 Å². The number of benzene rings is 1. The third kappa shape index (κ3) is 1.77. The molecule has 1 aromatic rings. The van der Waals surface area contributed by atoms with E-state index < -0.39 is 6.04 Å². The van der Waals surface area contributed by atoms with Crippen LogP contribution in [0.2, 0.25) is 0 Å². The van der Waals surface area contributed by atoms with Gasteiger partial charge in [-0.1, -0.05) is 22.0 Å². The highest BCUT2D eigenvalue weighted by Crippen LogP contribution is 2.37. The third-order valence-corrected chi connectivity index (χ3v) is 4.02. The molecule has 1 saturated heterocycles. The standard InChI is InChI=1S/C12H12BrFN2O/c13-7-2-3-8(9(14)6-7)10-11(17)16-12(15-10)4-1-5-12/h2-3,6,10,15H,1,4-5H2,(H,16,17). The maximum Gasteiger partial charge on any atom is 0.243 e. The molecule has 1 atom stereocenters. The number of carbonyl (C=O) groups is 1. The number of hydrogen-bond donors (Lipinski definition) is 2. The van der Waals surface area contributed by atoms with Gasteiger partial charge in [-0.3, -0.25) is 10.1 Å². The molecular weight excluding hydrogens is 287 g/mol. The number of carbonyl (C=O) groups excluding carboxylic acids is 1. The monoisotopic (exact) mass is 298 g/mol. The molecule has 1 amide bonds. The van der Waals surface area contributed by atoms with Crippen LogP contribution >= 0.6 is 15.9 Å². The third-order valence-electron chi connectivity index (χ3n) is 3.53. The summed E-state index contributed by atoms with van der Waals surface area (Å²) in [5, 5.41) is 6.14. The van der Waals surface area contributed by atoms with E-state index in [1.54, 1.807) is 12.1 Å². The normalized spacial score (nSPS) is 25.8. The average molecular weight is 299 g/mol. The second kappa shape index (κ2) is 3.78. The van der Waals surface area contributed by atoms with Crippen LogP contribution < -0.4 is 10.6 Å². The minimum absolute atomic E-state index is 0.133. The fraction of sp³-hybridized carbons (Fsp3) is 0.417. The highest BCUT2D eigenvalue weighted by molar-refractivity contribution is 9.10. The second-order valence-corrected chi connectivity index (χ2v) is 5.58. The van der Waals surface area contributed by atoms with E-state index in [1.165, 1.54) is 6.07 Å². The highest BCUT2D eigenvalue weighted by atomic mass is 79.9. The van der Waals surface area contributed by atoms with E-state index >= 15 is 0 Å². The molecule has 5 heteroatoms. The Kier molecular flexibility index (Phi) is 2.48. The lowest BCUT2D eigenvalue weighted by Gasteiger charge is -2.38. The zero-order valence-electron chi connectivity index (χ0n) is 9.09. The van der Waals surface area contributed by atoms with Crippen LogP contribution in [-0.2, 0) is 4.79 Å². The number of rotatable bonds is 1. The predicted octanol–water partition coefficient (Wildman–Crippen LogP) is 2.23. The Morgan fingerprint density at radius 3 is 2.71 bits per heavy atom. The Labute approximate surface area is 107 Å². The molecule has 1 spiro atoms. The molecule has 1 unspecified atom stereocenters. The summed E-state index contributed by atoms with van der Waals surface area (Å²) in [5.41, 5.74) is 0.135. The molecule has 1 aliphatic heterocycles. The first-order valence-corrected chi connectivity index (χ1v) is 6.44. The summed E-state index contributed by atoms with van der Waals surface area (Å²) < 4.78 is 14.5. The minimum atomic E-state index is -0.566. The number of nitrogens with one attached hydrogen (secondary N) is 2. The van der Waals surface area contributed by atoms with Gasteiger partial charge in [-0.2, -0.15) is 0 Å². The van der Waals surface area contributed by atoms with Gasteiger partial charge in [0.1, 0.15) is 11.9 Å². The average Bonchev–Trinajstić information content (AvgIpc) is 2.56. The fourth-order valence-electron chi connectivity index (χ4n) is 2.44. The van der Waals surface area contributed by atoms with Crippen LogP contribution in [-0.4, -0.2) is 11.6 Å². The Morgan fingerprint density at radius 1 is 1.41 bits per heavy atom. The zero-order valence-corrected chi connectivity index (χ0v) is 10.7. The topological polar surface area (TPSA) is 41.1 Å². The van der Waals surface area contributed by atoms with Crippen LogP contribution in [0, 0.1) is 5.82 Å². The van der Waals surface area contributed by atoms with Crippen molar-refractivity contribution in [2.45, 2.75) is 31.0 Å². The van der Waals surface area contributed by atoms with Crippen LogP contribution in [0.15, 0.2) is 22.7 Å². The summed E-state index contributed by atoms with van der Waals surface area (Å²) in [7, 11) is 0. The molecule has 1 aliphatic carbocycles. The SMILES string of the molecule is O=C1NC2(CCC2)NC1c1ccc(Br)cc1F. The van der Waals surface area contributed by atoms with Gasteiger partial charge in [0.2, 0.25) is 5.91 Å². The van der Waals surface area contributed by atoms with Gasteiger partial charge in [0.25, 0.3) is 0 Å². The van der Waals surface area contributed by atoms with Crippen molar-refractivity contribution in [3.8, 4) is 0 Å². The van der Waals surface area contributed by atoms with E-state index in [9.17, 15) is 9.18 Å². The molecule has 0 bridgehead atoms. The first kappa shape index (κ1) is 11.2. The molecule has 1 saturated carbocycles. The zero-order chi connectivity index (χ0) is 12.0. The summed E-state index contributed by atoms with van der Waals surface area (Å²) in [4.78, 5) is 11.9. The maximum absolute atomic E-state index is 13.8. The lowest BCUT2D eigenvalue weighted by molar-refractivity contribution is -0.121. The first-order valence-electron chi connectivity index (χ1n) is 5.64. The van der Waals surface area contributed by atoms with Gasteiger partial charge >= 0.3 is 0 Å². The van der Waals surface area contributed by atoms with Crippen molar-refractivity contribution in [1.82, 2.24) is 10.6 Å². The minimum Gasteiger partial charge on any atom is -0.336 e. The van der Waals surface area contributed by atoms with Crippen molar-refractivity contribution >= 4 is 21.8 Å². The Bertz CT molecular complexity index is 487. The maximum atomic E-state index is 13.8. The van der Waals surface area contributed by atoms with Crippen molar-refractivity contribution in [2.75, 3.05) is 0 Å². The Morgan fingerprint density at radius 2 is 2.18 bits per heavy atom. The number of amides is 1.